The van der Waals surface area contributed by atoms with Crippen LogP contribution in [0.2, 0.25) is 10.0 Å². The van der Waals surface area contributed by atoms with Gasteiger partial charge < -0.3 is 5.32 Å². The van der Waals surface area contributed by atoms with Crippen molar-refractivity contribution in [1.82, 2.24) is 5.32 Å². The summed E-state index contributed by atoms with van der Waals surface area (Å²) in [6.45, 7) is 0.413. The minimum absolute atomic E-state index is 0.0540. The number of benzene rings is 2. The van der Waals surface area contributed by atoms with Crippen LogP contribution in [0, 0.1) is 0 Å². The van der Waals surface area contributed by atoms with Crippen molar-refractivity contribution in [2.45, 2.75) is 11.3 Å². The molecule has 2 aromatic rings. The highest BCUT2D eigenvalue weighted by molar-refractivity contribution is 7.90. The minimum Gasteiger partial charge on any atom is -0.352 e. The van der Waals surface area contributed by atoms with Gasteiger partial charge in [0.25, 0.3) is 5.91 Å². The molecule has 0 aliphatic rings. The summed E-state index contributed by atoms with van der Waals surface area (Å²) in [5, 5.41) is 3.49. The highest BCUT2D eigenvalue weighted by Crippen LogP contribution is 2.22. The van der Waals surface area contributed by atoms with E-state index in [9.17, 15) is 13.2 Å². The maximum atomic E-state index is 12.1. The van der Waals surface area contributed by atoms with E-state index in [-0.39, 0.29) is 21.4 Å². The Kier molecular flexibility index (Phi) is 5.68. The quantitative estimate of drug-likeness (QED) is 0.875. The average molecular weight is 372 g/mol. The molecule has 0 unspecified atom stereocenters. The lowest BCUT2D eigenvalue weighted by atomic mass is 10.1. The van der Waals surface area contributed by atoms with Crippen LogP contribution in [0.3, 0.4) is 0 Å². The highest BCUT2D eigenvalue weighted by atomic mass is 35.5. The van der Waals surface area contributed by atoms with Crippen molar-refractivity contribution in [3.05, 3.63) is 63.6 Å². The second-order valence-electron chi connectivity index (χ2n) is 5.05. The van der Waals surface area contributed by atoms with E-state index in [1.165, 1.54) is 18.2 Å². The predicted molar refractivity (Wildman–Crippen MR) is 92.1 cm³/mol. The molecular formula is C16H15Cl2NO3S. The lowest BCUT2D eigenvalue weighted by molar-refractivity contribution is 0.0954. The summed E-state index contributed by atoms with van der Waals surface area (Å²) < 4.78 is 23.3. The first-order valence-electron chi connectivity index (χ1n) is 6.79. The van der Waals surface area contributed by atoms with Crippen molar-refractivity contribution in [1.29, 1.82) is 0 Å². The monoisotopic (exact) mass is 371 g/mol. The fourth-order valence-corrected chi connectivity index (χ4v) is 3.56. The summed E-state index contributed by atoms with van der Waals surface area (Å²) in [6.07, 6.45) is 1.67. The zero-order chi connectivity index (χ0) is 17.0. The largest absolute Gasteiger partial charge is 0.352 e. The van der Waals surface area contributed by atoms with Gasteiger partial charge in [-0.25, -0.2) is 8.42 Å². The lowest BCUT2D eigenvalue weighted by Crippen LogP contribution is -2.25. The summed E-state index contributed by atoms with van der Waals surface area (Å²) in [6, 6.07) is 11.6. The van der Waals surface area contributed by atoms with Crippen LogP contribution in [-0.2, 0) is 16.3 Å². The lowest BCUT2D eigenvalue weighted by Gasteiger charge is -2.08. The molecule has 0 bridgehead atoms. The molecule has 0 aliphatic heterocycles. The van der Waals surface area contributed by atoms with E-state index in [0.717, 1.165) is 11.8 Å². The van der Waals surface area contributed by atoms with Crippen LogP contribution in [-0.4, -0.2) is 27.1 Å². The number of hydrogen-bond acceptors (Lipinski definition) is 3. The molecule has 1 N–H and O–H groups in total. The van der Waals surface area contributed by atoms with E-state index in [4.69, 9.17) is 23.2 Å². The van der Waals surface area contributed by atoms with Gasteiger partial charge in [0.1, 0.15) is 0 Å². The number of carbonyl (C=O) groups excluding carboxylic acids is 1. The molecule has 0 radical (unpaired) electrons. The summed E-state index contributed by atoms with van der Waals surface area (Å²) in [5.74, 6) is -0.353. The number of rotatable bonds is 5. The van der Waals surface area contributed by atoms with E-state index in [1.807, 2.05) is 18.2 Å². The van der Waals surface area contributed by atoms with Gasteiger partial charge in [-0.05, 0) is 42.3 Å². The molecule has 1 amide bonds. The molecule has 23 heavy (non-hydrogen) atoms. The molecule has 0 saturated carbocycles. The van der Waals surface area contributed by atoms with Crippen LogP contribution >= 0.6 is 23.2 Å². The Balaban J connectivity index is 2.04. The van der Waals surface area contributed by atoms with Gasteiger partial charge in [0, 0.05) is 23.4 Å². The minimum atomic E-state index is -3.48. The number of nitrogens with one attached hydrogen (secondary N) is 1. The third-order valence-corrected chi connectivity index (χ3v) is 4.99. The normalized spacial score (nSPS) is 11.3. The molecule has 2 rings (SSSR count). The maximum Gasteiger partial charge on any atom is 0.251 e. The number of halogens is 2. The summed E-state index contributed by atoms with van der Waals surface area (Å²) in [4.78, 5) is 12.1. The fraction of sp³-hybridized carbons (Fsp3) is 0.188. The Morgan fingerprint density at radius 3 is 2.52 bits per heavy atom. The van der Waals surface area contributed by atoms with Crippen molar-refractivity contribution in [2.24, 2.45) is 0 Å². The maximum absolute atomic E-state index is 12.1. The van der Waals surface area contributed by atoms with Gasteiger partial charge in [-0.3, -0.25) is 4.79 Å². The molecule has 0 aliphatic carbocycles. The fourth-order valence-electron chi connectivity index (χ4n) is 2.04. The first-order valence-corrected chi connectivity index (χ1v) is 9.44. The van der Waals surface area contributed by atoms with Crippen LogP contribution in [0.15, 0.2) is 47.4 Å². The second-order valence-corrected chi connectivity index (χ2v) is 7.88. The Bertz CT molecular complexity index is 835. The van der Waals surface area contributed by atoms with Gasteiger partial charge in [0.15, 0.2) is 9.84 Å². The zero-order valence-electron chi connectivity index (χ0n) is 12.3. The van der Waals surface area contributed by atoms with Gasteiger partial charge in [-0.2, -0.15) is 0 Å². The van der Waals surface area contributed by atoms with Crippen LogP contribution < -0.4 is 5.32 Å². The van der Waals surface area contributed by atoms with Crippen LogP contribution in [0.5, 0.6) is 0 Å². The van der Waals surface area contributed by atoms with Crippen molar-refractivity contribution >= 4 is 38.9 Å². The number of hydrogen-bond donors (Lipinski definition) is 1. The molecule has 0 heterocycles. The molecule has 122 valence electrons. The summed E-state index contributed by atoms with van der Waals surface area (Å²) in [5.41, 5.74) is 1.26. The molecule has 7 heteroatoms. The van der Waals surface area contributed by atoms with Gasteiger partial charge in [0.2, 0.25) is 0 Å². The Labute approximate surface area is 145 Å². The van der Waals surface area contributed by atoms with E-state index in [1.54, 1.807) is 6.07 Å². The van der Waals surface area contributed by atoms with Gasteiger partial charge >= 0.3 is 0 Å². The van der Waals surface area contributed by atoms with E-state index in [0.29, 0.717) is 18.0 Å². The van der Waals surface area contributed by atoms with Crippen LogP contribution in [0.25, 0.3) is 0 Å². The molecule has 0 fully saturated rings. The Hall–Kier alpha value is -1.56. The zero-order valence-corrected chi connectivity index (χ0v) is 14.7. The van der Waals surface area contributed by atoms with Gasteiger partial charge in [-0.15, -0.1) is 0 Å². The van der Waals surface area contributed by atoms with E-state index < -0.39 is 9.84 Å². The standard InChI is InChI=1S/C16H15Cl2NO3S/c1-23(21,22)15-10-12(5-6-14(15)18)16(20)19-8-7-11-3-2-4-13(17)9-11/h2-6,9-10H,7-8H2,1H3,(H,19,20). The van der Waals surface area contributed by atoms with Gasteiger partial charge in [-0.1, -0.05) is 35.3 Å². The van der Waals surface area contributed by atoms with Crippen molar-refractivity contribution in [3.63, 3.8) is 0 Å². The first-order chi connectivity index (χ1) is 10.8. The third-order valence-electron chi connectivity index (χ3n) is 3.18. The van der Waals surface area contributed by atoms with Crippen molar-refractivity contribution < 1.29 is 13.2 Å². The summed E-state index contributed by atoms with van der Waals surface area (Å²) in [7, 11) is -3.48. The second kappa shape index (κ2) is 7.34. The third kappa shape index (κ3) is 4.96. The molecule has 0 aromatic heterocycles. The van der Waals surface area contributed by atoms with Crippen molar-refractivity contribution in [2.75, 3.05) is 12.8 Å². The molecular weight excluding hydrogens is 357 g/mol. The molecule has 4 nitrogen and oxygen atoms in total. The van der Waals surface area contributed by atoms with Crippen LogP contribution in [0.1, 0.15) is 15.9 Å². The Morgan fingerprint density at radius 2 is 1.87 bits per heavy atom. The van der Waals surface area contributed by atoms with E-state index in [2.05, 4.69) is 5.32 Å². The Morgan fingerprint density at radius 1 is 1.13 bits per heavy atom. The smallest absolute Gasteiger partial charge is 0.251 e. The molecule has 0 atom stereocenters. The molecule has 0 spiro atoms. The van der Waals surface area contributed by atoms with Crippen molar-refractivity contribution in [3.8, 4) is 0 Å². The van der Waals surface area contributed by atoms with E-state index >= 15 is 0 Å². The summed E-state index contributed by atoms with van der Waals surface area (Å²) >= 11 is 11.8. The number of carbonyl (C=O) groups is 1. The topological polar surface area (TPSA) is 63.2 Å². The number of amides is 1. The first kappa shape index (κ1) is 17.8. The van der Waals surface area contributed by atoms with Crippen LogP contribution in [0.4, 0.5) is 0 Å². The SMILES string of the molecule is CS(=O)(=O)c1cc(C(=O)NCCc2cccc(Cl)c2)ccc1Cl. The average Bonchev–Trinajstić information content (AvgIpc) is 2.46. The number of sulfone groups is 1. The molecule has 0 saturated heterocycles. The van der Waals surface area contributed by atoms with Gasteiger partial charge in [0.05, 0.1) is 9.92 Å². The predicted octanol–water partition coefficient (Wildman–Crippen LogP) is 3.37. The molecule has 2 aromatic carbocycles. The highest BCUT2D eigenvalue weighted by Gasteiger charge is 2.15.